The van der Waals surface area contributed by atoms with Crippen LogP contribution in [0.15, 0.2) is 53.0 Å². The lowest BCUT2D eigenvalue weighted by Crippen LogP contribution is -2.06. The van der Waals surface area contributed by atoms with Crippen LogP contribution in [0, 0.1) is 6.92 Å². The summed E-state index contributed by atoms with van der Waals surface area (Å²) in [5.41, 5.74) is 3.66. The maximum atomic E-state index is 5.98. The number of alkyl halides is 1. The van der Waals surface area contributed by atoms with E-state index in [9.17, 15) is 0 Å². The summed E-state index contributed by atoms with van der Waals surface area (Å²) in [7, 11) is 0. The molecule has 0 aliphatic carbocycles. The Hall–Kier alpha value is -0.640. The van der Waals surface area contributed by atoms with Crippen molar-refractivity contribution in [3.63, 3.8) is 0 Å². The molecule has 0 fully saturated rings. The van der Waals surface area contributed by atoms with Crippen LogP contribution in [0.5, 0.6) is 0 Å². The molecule has 2 rings (SSSR count). The van der Waals surface area contributed by atoms with E-state index < -0.39 is 0 Å². The number of halogens is 2. The van der Waals surface area contributed by atoms with E-state index in [1.807, 2.05) is 12.1 Å². The third-order valence-electron chi connectivity index (χ3n) is 2.95. The van der Waals surface area contributed by atoms with Crippen molar-refractivity contribution in [3.05, 3.63) is 69.7 Å². The Balaban J connectivity index is 1.99. The predicted octanol–water partition coefficient (Wildman–Crippen LogP) is 5.41. The second-order valence-corrected chi connectivity index (χ2v) is 6.05. The van der Waals surface area contributed by atoms with Gasteiger partial charge in [-0.15, -0.1) is 0 Å². The monoisotopic (exact) mass is 382 g/mol. The maximum Gasteiger partial charge on any atom is 0.0926 e. The summed E-state index contributed by atoms with van der Waals surface area (Å²) in [6.07, 6.45) is 0.0873. The highest BCUT2D eigenvalue weighted by atomic mass is 79.9. The molecular formula is C16H16Br2O. The summed E-state index contributed by atoms with van der Waals surface area (Å²) < 4.78 is 7.07. The molecule has 0 spiro atoms. The molecule has 0 radical (unpaired) electrons. The van der Waals surface area contributed by atoms with Crippen molar-refractivity contribution < 1.29 is 4.74 Å². The van der Waals surface area contributed by atoms with E-state index in [2.05, 4.69) is 75.2 Å². The molecule has 2 aromatic rings. The summed E-state index contributed by atoms with van der Waals surface area (Å²) >= 11 is 6.96. The fourth-order valence-corrected chi connectivity index (χ4v) is 2.61. The minimum atomic E-state index is 0.0873. The number of hydrogen-bond donors (Lipinski definition) is 0. The topological polar surface area (TPSA) is 9.23 Å². The van der Waals surface area contributed by atoms with Crippen LogP contribution in [-0.2, 0) is 11.3 Å². The van der Waals surface area contributed by atoms with Gasteiger partial charge in [-0.3, -0.25) is 0 Å². The molecular weight excluding hydrogens is 368 g/mol. The third-order valence-corrected chi connectivity index (χ3v) is 4.07. The zero-order valence-electron chi connectivity index (χ0n) is 10.8. The van der Waals surface area contributed by atoms with Gasteiger partial charge in [-0.05, 0) is 30.2 Å². The third kappa shape index (κ3) is 4.44. The minimum absolute atomic E-state index is 0.0873. The molecule has 3 heteroatoms. The SMILES string of the molecule is Cc1ccc(C(CBr)OCc2ccc(Br)cc2)cc1. The number of rotatable bonds is 5. The Kier molecular flexibility index (Phi) is 5.61. The lowest BCUT2D eigenvalue weighted by Gasteiger charge is -2.16. The molecule has 100 valence electrons. The van der Waals surface area contributed by atoms with Crippen LogP contribution >= 0.6 is 31.9 Å². The van der Waals surface area contributed by atoms with E-state index in [1.54, 1.807) is 0 Å². The van der Waals surface area contributed by atoms with Gasteiger partial charge in [0, 0.05) is 9.80 Å². The second-order valence-electron chi connectivity index (χ2n) is 4.49. The first kappa shape index (κ1) is 14.8. The van der Waals surface area contributed by atoms with E-state index >= 15 is 0 Å². The van der Waals surface area contributed by atoms with Crippen LogP contribution in [0.1, 0.15) is 22.8 Å². The summed E-state index contributed by atoms with van der Waals surface area (Å²) in [6, 6.07) is 16.7. The quantitative estimate of drug-likeness (QED) is 0.627. The van der Waals surface area contributed by atoms with Crippen LogP contribution in [0.25, 0.3) is 0 Å². The van der Waals surface area contributed by atoms with Crippen LogP contribution in [0.2, 0.25) is 0 Å². The number of aryl methyl sites for hydroxylation is 1. The highest BCUT2D eigenvalue weighted by Crippen LogP contribution is 2.22. The Labute approximate surface area is 131 Å². The van der Waals surface area contributed by atoms with Crippen molar-refractivity contribution >= 4 is 31.9 Å². The van der Waals surface area contributed by atoms with Gasteiger partial charge < -0.3 is 4.74 Å². The van der Waals surface area contributed by atoms with E-state index in [4.69, 9.17) is 4.74 Å². The Morgan fingerprint density at radius 1 is 1.00 bits per heavy atom. The van der Waals surface area contributed by atoms with Crippen molar-refractivity contribution in [2.24, 2.45) is 0 Å². The first-order valence-corrected chi connectivity index (χ1v) is 8.09. The molecule has 2 aromatic carbocycles. The predicted molar refractivity (Wildman–Crippen MR) is 86.6 cm³/mol. The summed E-state index contributed by atoms with van der Waals surface area (Å²) in [4.78, 5) is 0. The van der Waals surface area contributed by atoms with Crippen molar-refractivity contribution in [2.45, 2.75) is 19.6 Å². The molecule has 1 unspecified atom stereocenters. The molecule has 0 aliphatic heterocycles. The van der Waals surface area contributed by atoms with Gasteiger partial charge >= 0.3 is 0 Å². The first-order valence-electron chi connectivity index (χ1n) is 6.17. The molecule has 1 nitrogen and oxygen atoms in total. The number of hydrogen-bond acceptors (Lipinski definition) is 1. The molecule has 0 bridgehead atoms. The molecule has 1 atom stereocenters. The largest absolute Gasteiger partial charge is 0.368 e. The lowest BCUT2D eigenvalue weighted by atomic mass is 10.1. The summed E-state index contributed by atoms with van der Waals surface area (Å²) in [6.45, 7) is 2.72. The van der Waals surface area contributed by atoms with Gasteiger partial charge in [0.25, 0.3) is 0 Å². The van der Waals surface area contributed by atoms with E-state index in [-0.39, 0.29) is 6.10 Å². The Bertz CT molecular complexity index is 505. The van der Waals surface area contributed by atoms with Crippen molar-refractivity contribution in [1.82, 2.24) is 0 Å². The van der Waals surface area contributed by atoms with Gasteiger partial charge in [-0.25, -0.2) is 0 Å². The van der Waals surface area contributed by atoms with Gasteiger partial charge in [0.2, 0.25) is 0 Å². The van der Waals surface area contributed by atoms with Gasteiger partial charge in [-0.2, -0.15) is 0 Å². The highest BCUT2D eigenvalue weighted by Gasteiger charge is 2.10. The standard InChI is InChI=1S/C16H16Br2O/c1-12-2-6-14(7-3-12)16(10-17)19-11-13-4-8-15(18)9-5-13/h2-9,16H,10-11H2,1H3. The average Bonchev–Trinajstić information content (AvgIpc) is 2.43. The zero-order valence-corrected chi connectivity index (χ0v) is 13.9. The van der Waals surface area contributed by atoms with Crippen LogP contribution in [0.3, 0.4) is 0 Å². The Morgan fingerprint density at radius 3 is 2.21 bits per heavy atom. The smallest absolute Gasteiger partial charge is 0.0926 e. The number of ether oxygens (including phenoxy) is 1. The minimum Gasteiger partial charge on any atom is -0.368 e. The highest BCUT2D eigenvalue weighted by molar-refractivity contribution is 9.10. The van der Waals surface area contributed by atoms with E-state index in [1.165, 1.54) is 16.7 Å². The molecule has 0 heterocycles. The normalized spacial score (nSPS) is 12.4. The molecule has 19 heavy (non-hydrogen) atoms. The first-order chi connectivity index (χ1) is 9.19. The van der Waals surface area contributed by atoms with Gasteiger partial charge in [-0.1, -0.05) is 73.8 Å². The second kappa shape index (κ2) is 7.22. The molecule has 0 amide bonds. The van der Waals surface area contributed by atoms with Crippen molar-refractivity contribution in [2.75, 3.05) is 5.33 Å². The van der Waals surface area contributed by atoms with E-state index in [0.717, 1.165) is 9.80 Å². The molecule has 0 saturated carbocycles. The van der Waals surface area contributed by atoms with Gasteiger partial charge in [0.05, 0.1) is 12.7 Å². The van der Waals surface area contributed by atoms with Crippen LogP contribution in [0.4, 0.5) is 0 Å². The zero-order chi connectivity index (χ0) is 13.7. The molecule has 0 aliphatic rings. The molecule has 0 aromatic heterocycles. The lowest BCUT2D eigenvalue weighted by molar-refractivity contribution is 0.0566. The molecule has 0 saturated heterocycles. The molecule has 0 N–H and O–H groups in total. The van der Waals surface area contributed by atoms with Crippen molar-refractivity contribution in [1.29, 1.82) is 0 Å². The fourth-order valence-electron chi connectivity index (χ4n) is 1.79. The van der Waals surface area contributed by atoms with Gasteiger partial charge in [0.1, 0.15) is 0 Å². The average molecular weight is 384 g/mol. The maximum absolute atomic E-state index is 5.98. The number of benzene rings is 2. The summed E-state index contributed by atoms with van der Waals surface area (Å²) in [5, 5.41) is 0.798. The van der Waals surface area contributed by atoms with Crippen LogP contribution < -0.4 is 0 Å². The Morgan fingerprint density at radius 2 is 1.63 bits per heavy atom. The van der Waals surface area contributed by atoms with Gasteiger partial charge in [0.15, 0.2) is 0 Å². The van der Waals surface area contributed by atoms with Crippen LogP contribution in [-0.4, -0.2) is 5.33 Å². The van der Waals surface area contributed by atoms with Crippen molar-refractivity contribution in [3.8, 4) is 0 Å². The fraction of sp³-hybridized carbons (Fsp3) is 0.250. The van der Waals surface area contributed by atoms with E-state index in [0.29, 0.717) is 6.61 Å². The summed E-state index contributed by atoms with van der Waals surface area (Å²) in [5.74, 6) is 0.